The molecule has 2 fully saturated rings. The van der Waals surface area contributed by atoms with Crippen molar-refractivity contribution in [1.82, 2.24) is 24.4 Å². The maximum atomic E-state index is 12.6. The maximum Gasteiger partial charge on any atom is 0.223 e. The Bertz CT molecular complexity index is 768. The van der Waals surface area contributed by atoms with Crippen LogP contribution >= 0.6 is 0 Å². The molecule has 7 nitrogen and oxygen atoms in total. The highest BCUT2D eigenvalue weighted by atomic mass is 16.2. The number of carbonyl (C=O) groups is 1. The average molecular weight is 340 g/mol. The van der Waals surface area contributed by atoms with Crippen LogP contribution in [0.25, 0.3) is 0 Å². The highest BCUT2D eigenvalue weighted by Gasteiger charge is 2.45. The number of piperidine rings is 1. The molecule has 132 valence electrons. The first-order valence-electron chi connectivity index (χ1n) is 8.95. The van der Waals surface area contributed by atoms with Crippen LogP contribution in [0.2, 0.25) is 0 Å². The van der Waals surface area contributed by atoms with Gasteiger partial charge in [-0.15, -0.1) is 0 Å². The minimum Gasteiger partial charge on any atom is -0.370 e. The molecule has 1 saturated heterocycles. The summed E-state index contributed by atoms with van der Waals surface area (Å²) in [4.78, 5) is 27.8. The van der Waals surface area contributed by atoms with Crippen LogP contribution in [-0.2, 0) is 11.8 Å². The second kappa shape index (κ2) is 6.46. The maximum absolute atomic E-state index is 12.6. The number of amides is 1. The second-order valence-electron chi connectivity index (χ2n) is 7.04. The Balaban J connectivity index is 1.58. The Kier molecular flexibility index (Phi) is 4.15. The van der Waals surface area contributed by atoms with Gasteiger partial charge in [-0.25, -0.2) is 15.0 Å². The highest BCUT2D eigenvalue weighted by molar-refractivity contribution is 5.78. The van der Waals surface area contributed by atoms with Gasteiger partial charge >= 0.3 is 0 Å². The van der Waals surface area contributed by atoms with E-state index in [9.17, 15) is 4.79 Å². The fraction of sp³-hybridized carbons (Fsp3) is 0.556. The minimum atomic E-state index is 0.0317. The largest absolute Gasteiger partial charge is 0.370 e. The van der Waals surface area contributed by atoms with Gasteiger partial charge in [-0.2, -0.15) is 0 Å². The smallest absolute Gasteiger partial charge is 0.223 e. The predicted octanol–water partition coefficient (Wildman–Crippen LogP) is 2.07. The van der Waals surface area contributed by atoms with E-state index in [1.54, 1.807) is 6.20 Å². The summed E-state index contributed by atoms with van der Waals surface area (Å²) in [6, 6.07) is 2.30. The molecule has 0 spiro atoms. The fourth-order valence-electron chi connectivity index (χ4n) is 3.76. The van der Waals surface area contributed by atoms with E-state index in [0.717, 1.165) is 43.3 Å². The Morgan fingerprint density at radius 2 is 2.08 bits per heavy atom. The van der Waals surface area contributed by atoms with Crippen molar-refractivity contribution in [3.63, 3.8) is 0 Å². The van der Waals surface area contributed by atoms with Gasteiger partial charge in [0.2, 0.25) is 5.91 Å². The van der Waals surface area contributed by atoms with Crippen molar-refractivity contribution in [3.05, 3.63) is 36.3 Å². The summed E-state index contributed by atoms with van der Waals surface area (Å²) in [6.07, 6.45) is 9.25. The predicted molar refractivity (Wildman–Crippen MR) is 93.8 cm³/mol. The summed E-state index contributed by atoms with van der Waals surface area (Å²) in [7, 11) is 2.00. The number of hydrogen-bond donors (Lipinski definition) is 1. The molecule has 3 heterocycles. The van der Waals surface area contributed by atoms with Crippen LogP contribution in [-0.4, -0.2) is 42.9 Å². The number of aromatic nitrogens is 4. The molecule has 0 bridgehead atoms. The number of rotatable bonds is 5. The van der Waals surface area contributed by atoms with E-state index in [0.29, 0.717) is 18.4 Å². The van der Waals surface area contributed by atoms with Gasteiger partial charge in [-0.05, 0) is 32.3 Å². The minimum absolute atomic E-state index is 0.0317. The number of anilines is 1. The summed E-state index contributed by atoms with van der Waals surface area (Å²) >= 11 is 0. The molecule has 2 aliphatic rings. The van der Waals surface area contributed by atoms with E-state index in [1.807, 2.05) is 37.0 Å². The zero-order valence-electron chi connectivity index (χ0n) is 14.7. The molecule has 1 N–H and O–H groups in total. The van der Waals surface area contributed by atoms with E-state index in [1.165, 1.54) is 0 Å². The molecule has 2 aromatic heterocycles. The molecule has 1 saturated carbocycles. The molecule has 4 rings (SSSR count). The van der Waals surface area contributed by atoms with Crippen LogP contribution in [0.4, 0.5) is 5.82 Å². The molecular weight excluding hydrogens is 316 g/mol. The third-order valence-corrected chi connectivity index (χ3v) is 5.15. The lowest BCUT2D eigenvalue weighted by Gasteiger charge is -2.41. The van der Waals surface area contributed by atoms with Crippen LogP contribution in [0.15, 0.2) is 24.7 Å². The van der Waals surface area contributed by atoms with Crippen molar-refractivity contribution >= 4 is 11.7 Å². The van der Waals surface area contributed by atoms with Crippen LogP contribution in [0.1, 0.15) is 43.4 Å². The first kappa shape index (κ1) is 16.1. The van der Waals surface area contributed by atoms with Gasteiger partial charge in [0.05, 0.1) is 6.04 Å². The fourth-order valence-corrected chi connectivity index (χ4v) is 3.76. The van der Waals surface area contributed by atoms with Crippen LogP contribution in [0.5, 0.6) is 0 Å². The number of nitrogens with zero attached hydrogens (tertiary/aromatic N) is 5. The number of likely N-dealkylation sites (tertiary alicyclic amines) is 1. The number of carbonyl (C=O) groups excluding carboxylic acids is 1. The summed E-state index contributed by atoms with van der Waals surface area (Å²) < 4.78 is 2.04. The first-order valence-corrected chi connectivity index (χ1v) is 8.95. The normalized spacial score (nSPS) is 23.8. The second-order valence-corrected chi connectivity index (χ2v) is 7.04. The van der Waals surface area contributed by atoms with Crippen molar-refractivity contribution < 1.29 is 4.79 Å². The number of hydrogen-bond acceptors (Lipinski definition) is 5. The monoisotopic (exact) mass is 340 g/mol. The van der Waals surface area contributed by atoms with Crippen LogP contribution in [0.3, 0.4) is 0 Å². The van der Waals surface area contributed by atoms with Gasteiger partial charge in [0.1, 0.15) is 17.5 Å². The molecule has 1 amide bonds. The van der Waals surface area contributed by atoms with Gasteiger partial charge in [-0.1, -0.05) is 0 Å². The van der Waals surface area contributed by atoms with Gasteiger partial charge in [0, 0.05) is 50.6 Å². The van der Waals surface area contributed by atoms with E-state index in [2.05, 4.69) is 25.2 Å². The molecular formula is C18H24N6O. The summed E-state index contributed by atoms with van der Waals surface area (Å²) in [6.45, 7) is 2.65. The third kappa shape index (κ3) is 3.23. The summed E-state index contributed by atoms with van der Waals surface area (Å²) in [5.41, 5.74) is 0. The van der Waals surface area contributed by atoms with E-state index >= 15 is 0 Å². The summed E-state index contributed by atoms with van der Waals surface area (Å²) in [5.74, 6) is 3.15. The molecule has 0 aromatic carbocycles. The molecule has 2 aromatic rings. The van der Waals surface area contributed by atoms with E-state index in [4.69, 9.17) is 0 Å². The van der Waals surface area contributed by atoms with E-state index in [-0.39, 0.29) is 11.9 Å². The lowest BCUT2D eigenvalue weighted by Crippen LogP contribution is -2.46. The van der Waals surface area contributed by atoms with Gasteiger partial charge in [-0.3, -0.25) is 4.79 Å². The standard InChI is InChI=1S/C18H24N6O/c1-12-19-8-7-15(22-12)21-11-13-3-6-16(25)24(14-4-5-14)17(13)18-20-9-10-23(18)2/h7-10,13-14,17H,3-6,11H2,1-2H3,(H,19,21,22)/t13-,17+/m1/s1. The highest BCUT2D eigenvalue weighted by Crippen LogP contribution is 2.42. The van der Waals surface area contributed by atoms with Gasteiger partial charge in [0.15, 0.2) is 0 Å². The molecule has 1 aliphatic carbocycles. The molecule has 0 unspecified atom stereocenters. The average Bonchev–Trinajstić information content (AvgIpc) is 3.34. The molecule has 1 aliphatic heterocycles. The van der Waals surface area contributed by atoms with Crippen molar-refractivity contribution in [3.8, 4) is 0 Å². The SMILES string of the molecule is Cc1nccc(NC[C@H]2CCC(=O)N(C3CC3)[C@@H]2c2nccn2C)n1. The Hall–Kier alpha value is -2.44. The number of imidazole rings is 1. The zero-order valence-corrected chi connectivity index (χ0v) is 14.7. The van der Waals surface area contributed by atoms with Gasteiger partial charge in [0.25, 0.3) is 0 Å². The number of aryl methyl sites for hydroxylation is 2. The Morgan fingerprint density at radius 1 is 1.24 bits per heavy atom. The number of nitrogens with one attached hydrogen (secondary N) is 1. The first-order chi connectivity index (χ1) is 12.1. The Labute approximate surface area is 147 Å². The topological polar surface area (TPSA) is 75.9 Å². The lowest BCUT2D eigenvalue weighted by atomic mass is 9.87. The van der Waals surface area contributed by atoms with Gasteiger partial charge < -0.3 is 14.8 Å². The van der Waals surface area contributed by atoms with Crippen molar-refractivity contribution in [2.75, 3.05) is 11.9 Å². The Morgan fingerprint density at radius 3 is 2.76 bits per heavy atom. The molecule has 0 radical (unpaired) electrons. The quantitative estimate of drug-likeness (QED) is 0.902. The summed E-state index contributed by atoms with van der Waals surface area (Å²) in [5, 5.41) is 3.44. The van der Waals surface area contributed by atoms with Crippen molar-refractivity contribution in [1.29, 1.82) is 0 Å². The molecule has 7 heteroatoms. The lowest BCUT2D eigenvalue weighted by molar-refractivity contribution is -0.140. The third-order valence-electron chi connectivity index (χ3n) is 5.15. The molecule has 25 heavy (non-hydrogen) atoms. The van der Waals surface area contributed by atoms with Crippen LogP contribution in [0, 0.1) is 12.8 Å². The zero-order chi connectivity index (χ0) is 17.4. The van der Waals surface area contributed by atoms with Crippen LogP contribution < -0.4 is 5.32 Å². The molecule has 2 atom stereocenters. The van der Waals surface area contributed by atoms with E-state index < -0.39 is 0 Å². The van der Waals surface area contributed by atoms with Crippen molar-refractivity contribution in [2.24, 2.45) is 13.0 Å². The van der Waals surface area contributed by atoms with Crippen molar-refractivity contribution in [2.45, 2.75) is 44.7 Å².